The molecule has 5 aromatic rings. The molecule has 250 valence electrons. The second-order valence-electron chi connectivity index (χ2n) is 10.8. The summed E-state index contributed by atoms with van der Waals surface area (Å²) in [5, 5.41) is 0. The average molecular weight is 742 g/mol. The molecule has 1 atom stereocenters. The number of thiazole rings is 1. The first kappa shape index (κ1) is 33.8. The van der Waals surface area contributed by atoms with E-state index in [0.717, 1.165) is 10.0 Å². The number of methoxy groups -OCH3 is 3. The Balaban J connectivity index is 1.57. The Hall–Kier alpha value is -5.13. The van der Waals surface area contributed by atoms with E-state index < -0.39 is 12.0 Å². The van der Waals surface area contributed by atoms with Crippen LogP contribution in [0.4, 0.5) is 0 Å². The molecule has 0 aliphatic carbocycles. The van der Waals surface area contributed by atoms with Gasteiger partial charge in [-0.25, -0.2) is 9.79 Å². The van der Waals surface area contributed by atoms with Crippen LogP contribution < -0.4 is 33.8 Å². The Morgan fingerprint density at radius 2 is 1.63 bits per heavy atom. The van der Waals surface area contributed by atoms with E-state index >= 15 is 0 Å². The average Bonchev–Trinajstić information content (AvgIpc) is 3.44. The fraction of sp³-hybridized carbons (Fsp3) is 0.184. The molecule has 11 heteroatoms. The minimum atomic E-state index is -0.883. The number of benzene rings is 4. The molecule has 1 aliphatic heterocycles. The molecule has 0 saturated carbocycles. The predicted molar refractivity (Wildman–Crippen MR) is 192 cm³/mol. The van der Waals surface area contributed by atoms with Crippen LogP contribution in [0.2, 0.25) is 0 Å². The van der Waals surface area contributed by atoms with E-state index in [9.17, 15) is 9.59 Å². The van der Waals surface area contributed by atoms with E-state index in [-0.39, 0.29) is 17.7 Å². The van der Waals surface area contributed by atoms with Crippen molar-refractivity contribution in [3.05, 3.63) is 143 Å². The number of rotatable bonds is 11. The summed E-state index contributed by atoms with van der Waals surface area (Å²) < 4.78 is 31.5. The Bertz CT molecular complexity index is 2210. The lowest BCUT2D eigenvalue weighted by molar-refractivity contribution is -0.138. The summed E-state index contributed by atoms with van der Waals surface area (Å²) in [5.74, 6) is 1.41. The van der Waals surface area contributed by atoms with E-state index in [1.807, 2.05) is 78.9 Å². The van der Waals surface area contributed by atoms with Crippen LogP contribution >= 0.6 is 27.3 Å². The van der Waals surface area contributed by atoms with Crippen molar-refractivity contribution in [2.24, 2.45) is 4.99 Å². The molecule has 2 heterocycles. The third-order valence-corrected chi connectivity index (χ3v) is 9.42. The number of carbonyl (C=O) groups excluding carboxylic acids is 1. The van der Waals surface area contributed by atoms with Crippen molar-refractivity contribution in [2.75, 3.05) is 27.9 Å². The first-order chi connectivity index (χ1) is 23.9. The number of halogens is 1. The molecule has 0 spiro atoms. The third-order valence-electron chi connectivity index (χ3n) is 7.91. The first-order valence-corrected chi connectivity index (χ1v) is 17.0. The second kappa shape index (κ2) is 15.0. The lowest BCUT2D eigenvalue weighted by Crippen LogP contribution is -2.40. The quantitative estimate of drug-likeness (QED) is 0.147. The number of nitrogens with zero attached hydrogens (tertiary/aromatic N) is 2. The van der Waals surface area contributed by atoms with E-state index in [0.29, 0.717) is 61.3 Å². The molecule has 0 saturated heterocycles. The van der Waals surface area contributed by atoms with Crippen LogP contribution in [0.25, 0.3) is 11.8 Å². The molecule has 0 radical (unpaired) electrons. The van der Waals surface area contributed by atoms with E-state index in [1.165, 1.54) is 18.4 Å². The molecule has 9 nitrogen and oxygen atoms in total. The Kier molecular flexibility index (Phi) is 10.3. The standard InChI is InChI=1S/C38H33BrN2O7S/c1-5-47-37(43)32-33(24-10-7-6-8-11-24)40-38-41(34(32)25-16-19-28(44-2)30(20-25)46-4)36(42)31(49-38)21-26-12-9-13-29(45-3)35(26)48-22-23-14-17-27(39)18-15-23/h6-21,34H,5,22H2,1-4H3/b31-21-/t34-/m1/s1. The molecule has 4 aromatic carbocycles. The van der Waals surface area contributed by atoms with Crippen molar-refractivity contribution < 1.29 is 28.5 Å². The monoisotopic (exact) mass is 740 g/mol. The highest BCUT2D eigenvalue weighted by molar-refractivity contribution is 9.10. The summed E-state index contributed by atoms with van der Waals surface area (Å²) in [6.07, 6.45) is 1.77. The highest BCUT2D eigenvalue weighted by atomic mass is 79.9. The lowest BCUT2D eigenvalue weighted by atomic mass is 9.93. The van der Waals surface area contributed by atoms with Gasteiger partial charge in [0.2, 0.25) is 0 Å². The van der Waals surface area contributed by atoms with Crippen LogP contribution in [-0.4, -0.2) is 38.5 Å². The van der Waals surface area contributed by atoms with Crippen molar-refractivity contribution >= 4 is 45.0 Å². The SMILES string of the molecule is CCOC(=O)C1=C(c2ccccc2)N=c2s/c(=C\c3cccc(OC)c3OCc3ccc(Br)cc3)c(=O)n2[C@@H]1c1ccc(OC)c(OC)c1. The number of hydrogen-bond acceptors (Lipinski definition) is 9. The largest absolute Gasteiger partial charge is 0.493 e. The molecule has 0 unspecified atom stereocenters. The van der Waals surface area contributed by atoms with Crippen LogP contribution in [-0.2, 0) is 16.1 Å². The van der Waals surface area contributed by atoms with Gasteiger partial charge in [0, 0.05) is 15.6 Å². The zero-order valence-electron chi connectivity index (χ0n) is 27.3. The van der Waals surface area contributed by atoms with Crippen molar-refractivity contribution in [1.29, 1.82) is 0 Å². The molecular formula is C38H33BrN2O7S. The second-order valence-corrected chi connectivity index (χ2v) is 12.8. The lowest BCUT2D eigenvalue weighted by Gasteiger charge is -2.26. The molecule has 1 aliphatic rings. The zero-order valence-corrected chi connectivity index (χ0v) is 29.7. The predicted octanol–water partition coefficient (Wildman–Crippen LogP) is 6.30. The Morgan fingerprint density at radius 1 is 0.898 bits per heavy atom. The summed E-state index contributed by atoms with van der Waals surface area (Å²) in [7, 11) is 4.66. The van der Waals surface area contributed by atoms with Gasteiger partial charge in [-0.3, -0.25) is 9.36 Å². The zero-order chi connectivity index (χ0) is 34.5. The van der Waals surface area contributed by atoms with Crippen LogP contribution in [0.15, 0.2) is 111 Å². The van der Waals surface area contributed by atoms with Gasteiger partial charge >= 0.3 is 5.97 Å². The fourth-order valence-electron chi connectivity index (χ4n) is 5.62. The maximum Gasteiger partial charge on any atom is 0.338 e. The molecule has 0 bridgehead atoms. The molecule has 0 N–H and O–H groups in total. The summed E-state index contributed by atoms with van der Waals surface area (Å²) in [6.45, 7) is 2.18. The fourth-order valence-corrected chi connectivity index (χ4v) is 6.87. The number of carbonyl (C=O) groups is 1. The van der Waals surface area contributed by atoms with E-state index in [2.05, 4.69) is 15.9 Å². The van der Waals surface area contributed by atoms with Crippen LogP contribution in [0.1, 0.15) is 35.2 Å². The number of ether oxygens (including phenoxy) is 5. The van der Waals surface area contributed by atoms with Gasteiger partial charge in [-0.2, -0.15) is 0 Å². The summed E-state index contributed by atoms with van der Waals surface area (Å²) >= 11 is 4.69. The van der Waals surface area contributed by atoms with Crippen molar-refractivity contribution in [3.8, 4) is 23.0 Å². The Labute approximate surface area is 295 Å². The van der Waals surface area contributed by atoms with Crippen molar-refractivity contribution in [1.82, 2.24) is 4.57 Å². The number of esters is 1. The normalized spacial score (nSPS) is 14.1. The Morgan fingerprint density at radius 3 is 2.33 bits per heavy atom. The number of fused-ring (bicyclic) bond motifs is 1. The topological polar surface area (TPSA) is 97.6 Å². The number of aromatic nitrogens is 1. The van der Waals surface area contributed by atoms with Crippen molar-refractivity contribution in [3.63, 3.8) is 0 Å². The minimum Gasteiger partial charge on any atom is -0.493 e. The maximum atomic E-state index is 14.5. The molecule has 49 heavy (non-hydrogen) atoms. The molecule has 0 amide bonds. The molecule has 0 fully saturated rings. The smallest absolute Gasteiger partial charge is 0.338 e. The summed E-state index contributed by atoms with van der Waals surface area (Å²) in [6, 6.07) is 27.2. The van der Waals surface area contributed by atoms with Gasteiger partial charge in [-0.15, -0.1) is 0 Å². The van der Waals surface area contributed by atoms with Crippen LogP contribution in [0.5, 0.6) is 23.0 Å². The molecule has 1 aromatic heterocycles. The third kappa shape index (κ3) is 6.90. The first-order valence-electron chi connectivity index (χ1n) is 15.4. The number of para-hydroxylation sites is 1. The van der Waals surface area contributed by atoms with E-state index in [1.54, 1.807) is 43.9 Å². The van der Waals surface area contributed by atoms with Gasteiger partial charge in [-0.1, -0.05) is 87.9 Å². The molecule has 6 rings (SSSR count). The summed E-state index contributed by atoms with van der Waals surface area (Å²) in [5.41, 5.74) is 3.28. The minimum absolute atomic E-state index is 0.145. The van der Waals surface area contributed by atoms with Crippen LogP contribution in [0, 0.1) is 0 Å². The number of hydrogen-bond donors (Lipinski definition) is 0. The molecular weight excluding hydrogens is 708 g/mol. The summed E-state index contributed by atoms with van der Waals surface area (Å²) in [4.78, 5) is 33.7. The highest BCUT2D eigenvalue weighted by Gasteiger charge is 2.35. The van der Waals surface area contributed by atoms with E-state index in [4.69, 9.17) is 28.7 Å². The van der Waals surface area contributed by atoms with Gasteiger partial charge in [0.15, 0.2) is 27.8 Å². The van der Waals surface area contributed by atoms with Crippen LogP contribution in [0.3, 0.4) is 0 Å². The van der Waals surface area contributed by atoms with Gasteiger partial charge in [0.25, 0.3) is 5.56 Å². The van der Waals surface area contributed by atoms with Gasteiger partial charge in [0.1, 0.15) is 6.61 Å². The van der Waals surface area contributed by atoms with Gasteiger partial charge in [-0.05, 0) is 54.5 Å². The highest BCUT2D eigenvalue weighted by Crippen LogP contribution is 2.39. The van der Waals surface area contributed by atoms with Gasteiger partial charge < -0.3 is 23.7 Å². The van der Waals surface area contributed by atoms with Crippen molar-refractivity contribution in [2.45, 2.75) is 19.6 Å². The van der Waals surface area contributed by atoms with Gasteiger partial charge in [0.05, 0.1) is 49.8 Å². The maximum absolute atomic E-state index is 14.5.